The summed E-state index contributed by atoms with van der Waals surface area (Å²) in [5, 5.41) is 9.44. The van der Waals surface area contributed by atoms with E-state index in [1.807, 2.05) is 6.07 Å². The summed E-state index contributed by atoms with van der Waals surface area (Å²) in [5.74, 6) is -0.199. The van der Waals surface area contributed by atoms with E-state index in [1.54, 1.807) is 6.07 Å². The third-order valence-corrected chi connectivity index (χ3v) is 2.54. The normalized spacial score (nSPS) is 9.40. The van der Waals surface area contributed by atoms with E-state index in [-0.39, 0.29) is 16.9 Å². The number of carbonyl (C=O) groups is 1. The van der Waals surface area contributed by atoms with E-state index in [0.717, 1.165) is 0 Å². The molecule has 0 atom stereocenters. The molecule has 0 unspecified atom stereocenters. The van der Waals surface area contributed by atoms with Gasteiger partial charge in [0.25, 0.3) is 0 Å². The Morgan fingerprint density at radius 3 is 3.07 bits per heavy atom. The smallest absolute Gasteiger partial charge is 0.316 e. The van der Waals surface area contributed by atoms with Gasteiger partial charge in [-0.1, -0.05) is 23.4 Å². The van der Waals surface area contributed by atoms with Gasteiger partial charge in [-0.15, -0.1) is 0 Å². The van der Waals surface area contributed by atoms with Gasteiger partial charge in [0, 0.05) is 0 Å². The first-order valence-electron chi connectivity index (χ1n) is 3.93. The van der Waals surface area contributed by atoms with Crippen LogP contribution >= 0.6 is 23.4 Å². The minimum atomic E-state index is -0.347. The van der Waals surface area contributed by atoms with Crippen LogP contribution in [0.3, 0.4) is 0 Å². The molecular formula is C9H7ClN2O2S. The number of nitriles is 1. The monoisotopic (exact) mass is 242 g/mol. The molecule has 0 fully saturated rings. The lowest BCUT2D eigenvalue weighted by molar-refractivity contribution is -0.137. The van der Waals surface area contributed by atoms with Crippen molar-refractivity contribution in [2.75, 3.05) is 12.9 Å². The molecule has 0 aliphatic heterocycles. The van der Waals surface area contributed by atoms with Crippen molar-refractivity contribution in [1.29, 1.82) is 5.26 Å². The highest BCUT2D eigenvalue weighted by Gasteiger charge is 2.05. The molecule has 1 aromatic rings. The topological polar surface area (TPSA) is 63.0 Å². The van der Waals surface area contributed by atoms with Gasteiger partial charge < -0.3 is 4.74 Å². The zero-order valence-electron chi connectivity index (χ0n) is 7.86. The van der Waals surface area contributed by atoms with Crippen molar-refractivity contribution in [2.45, 2.75) is 5.03 Å². The average molecular weight is 243 g/mol. The molecule has 78 valence electrons. The minimum absolute atomic E-state index is 0.148. The molecule has 0 radical (unpaired) electrons. The number of thioether (sulfide) groups is 1. The van der Waals surface area contributed by atoms with E-state index in [9.17, 15) is 4.79 Å². The zero-order chi connectivity index (χ0) is 11.3. The molecule has 0 aromatic carbocycles. The van der Waals surface area contributed by atoms with Crippen LogP contribution in [0, 0.1) is 11.3 Å². The molecule has 4 nitrogen and oxygen atoms in total. The predicted octanol–water partition coefficient (Wildman–Crippen LogP) is 1.87. The van der Waals surface area contributed by atoms with Crippen LogP contribution in [0.1, 0.15) is 5.56 Å². The summed E-state index contributed by atoms with van der Waals surface area (Å²) in [6, 6.07) is 4.99. The zero-order valence-corrected chi connectivity index (χ0v) is 9.43. The second-order valence-electron chi connectivity index (χ2n) is 2.49. The molecule has 1 aromatic heterocycles. The number of aromatic nitrogens is 1. The Morgan fingerprint density at radius 2 is 2.47 bits per heavy atom. The summed E-state index contributed by atoms with van der Waals surface area (Å²) in [5.41, 5.74) is 0.419. The van der Waals surface area contributed by atoms with E-state index in [1.165, 1.54) is 24.9 Å². The number of esters is 1. The Morgan fingerprint density at radius 1 is 1.73 bits per heavy atom. The van der Waals surface area contributed by atoms with Crippen LogP contribution in [0.25, 0.3) is 0 Å². The molecule has 0 saturated carbocycles. The molecule has 0 saturated heterocycles. The predicted molar refractivity (Wildman–Crippen MR) is 56.7 cm³/mol. The summed E-state index contributed by atoms with van der Waals surface area (Å²) < 4.78 is 4.47. The maximum atomic E-state index is 10.9. The molecule has 1 heterocycles. The second kappa shape index (κ2) is 5.59. The lowest BCUT2D eigenvalue weighted by Crippen LogP contribution is -2.03. The van der Waals surface area contributed by atoms with Gasteiger partial charge in [-0.25, -0.2) is 4.98 Å². The minimum Gasteiger partial charge on any atom is -0.468 e. The number of rotatable bonds is 3. The van der Waals surface area contributed by atoms with Crippen molar-refractivity contribution in [3.05, 3.63) is 22.8 Å². The average Bonchev–Trinajstić information content (AvgIpc) is 2.25. The molecule has 0 amide bonds. The van der Waals surface area contributed by atoms with Crippen LogP contribution < -0.4 is 0 Å². The fraction of sp³-hybridized carbons (Fsp3) is 0.222. The number of methoxy groups -OCH3 is 1. The Hall–Kier alpha value is -1.25. The van der Waals surface area contributed by atoms with Crippen molar-refractivity contribution in [3.8, 4) is 6.07 Å². The number of pyridine rings is 1. The van der Waals surface area contributed by atoms with E-state index in [0.29, 0.717) is 10.6 Å². The standard InChI is InChI=1S/C9H7ClN2O2S/c1-14-9(13)5-15-8-3-6(4-11)2-7(10)12-8/h2-3H,5H2,1H3. The first-order valence-corrected chi connectivity index (χ1v) is 5.29. The number of ether oxygens (including phenoxy) is 1. The number of nitrogens with zero attached hydrogens (tertiary/aromatic N) is 2. The van der Waals surface area contributed by atoms with Gasteiger partial charge in [-0.3, -0.25) is 4.79 Å². The molecule has 0 spiro atoms. The van der Waals surface area contributed by atoms with Gasteiger partial charge in [-0.05, 0) is 12.1 Å². The highest BCUT2D eigenvalue weighted by Crippen LogP contribution is 2.19. The second-order valence-corrected chi connectivity index (χ2v) is 3.88. The lowest BCUT2D eigenvalue weighted by atomic mass is 10.3. The maximum Gasteiger partial charge on any atom is 0.316 e. The van der Waals surface area contributed by atoms with Gasteiger partial charge in [0.05, 0.1) is 29.5 Å². The van der Waals surface area contributed by atoms with Crippen molar-refractivity contribution in [1.82, 2.24) is 4.98 Å². The summed E-state index contributed by atoms with van der Waals surface area (Å²) in [6.45, 7) is 0. The summed E-state index contributed by atoms with van der Waals surface area (Å²) in [4.78, 5) is 14.8. The SMILES string of the molecule is COC(=O)CSc1cc(C#N)cc(Cl)n1. The third-order valence-electron chi connectivity index (χ3n) is 1.47. The van der Waals surface area contributed by atoms with Crippen molar-refractivity contribution in [2.24, 2.45) is 0 Å². The third kappa shape index (κ3) is 3.78. The maximum absolute atomic E-state index is 10.9. The van der Waals surface area contributed by atoms with Gasteiger partial charge in [-0.2, -0.15) is 5.26 Å². The molecular weight excluding hydrogens is 236 g/mol. The lowest BCUT2D eigenvalue weighted by Gasteiger charge is -2.00. The van der Waals surface area contributed by atoms with Gasteiger partial charge in [0.2, 0.25) is 0 Å². The van der Waals surface area contributed by atoms with Crippen molar-refractivity contribution in [3.63, 3.8) is 0 Å². The van der Waals surface area contributed by atoms with Crippen molar-refractivity contribution >= 4 is 29.3 Å². The molecule has 0 bridgehead atoms. The molecule has 15 heavy (non-hydrogen) atoms. The number of halogens is 1. The number of hydrogen-bond acceptors (Lipinski definition) is 5. The number of carbonyl (C=O) groups excluding carboxylic acids is 1. The Labute approximate surface area is 96.2 Å². The highest BCUT2D eigenvalue weighted by molar-refractivity contribution is 7.99. The van der Waals surface area contributed by atoms with E-state index < -0.39 is 0 Å². The van der Waals surface area contributed by atoms with Crippen LogP contribution in [0.2, 0.25) is 5.15 Å². The van der Waals surface area contributed by atoms with E-state index >= 15 is 0 Å². The van der Waals surface area contributed by atoms with Crippen LogP contribution in [0.15, 0.2) is 17.2 Å². The van der Waals surface area contributed by atoms with Crippen molar-refractivity contribution < 1.29 is 9.53 Å². The largest absolute Gasteiger partial charge is 0.468 e. The summed E-state index contributed by atoms with van der Waals surface area (Å²) in [6.07, 6.45) is 0. The molecule has 0 aliphatic rings. The molecule has 6 heteroatoms. The Balaban J connectivity index is 2.74. The quantitative estimate of drug-likeness (QED) is 0.460. The first-order chi connectivity index (χ1) is 7.15. The molecule has 1 rings (SSSR count). The van der Waals surface area contributed by atoms with Gasteiger partial charge >= 0.3 is 5.97 Å². The Kier molecular flexibility index (Phi) is 4.40. The van der Waals surface area contributed by atoms with Crippen LogP contribution in [-0.4, -0.2) is 23.8 Å². The first kappa shape index (κ1) is 11.8. The van der Waals surface area contributed by atoms with Crippen LogP contribution in [0.4, 0.5) is 0 Å². The fourth-order valence-corrected chi connectivity index (χ4v) is 1.82. The van der Waals surface area contributed by atoms with E-state index in [2.05, 4.69) is 9.72 Å². The summed E-state index contributed by atoms with van der Waals surface area (Å²) >= 11 is 6.86. The highest BCUT2D eigenvalue weighted by atomic mass is 35.5. The van der Waals surface area contributed by atoms with Gasteiger partial charge in [0.1, 0.15) is 5.15 Å². The van der Waals surface area contributed by atoms with E-state index in [4.69, 9.17) is 16.9 Å². The molecule has 0 N–H and O–H groups in total. The van der Waals surface area contributed by atoms with Crippen LogP contribution in [-0.2, 0) is 9.53 Å². The molecule has 0 aliphatic carbocycles. The van der Waals surface area contributed by atoms with Crippen LogP contribution in [0.5, 0.6) is 0 Å². The fourth-order valence-electron chi connectivity index (χ4n) is 0.803. The summed E-state index contributed by atoms with van der Waals surface area (Å²) in [7, 11) is 1.31. The Bertz CT molecular complexity index is 417. The van der Waals surface area contributed by atoms with Gasteiger partial charge in [0.15, 0.2) is 0 Å². The number of hydrogen-bond donors (Lipinski definition) is 0.